The molecule has 0 radical (unpaired) electrons. The fourth-order valence-electron chi connectivity index (χ4n) is 4.09. The fourth-order valence-corrected chi connectivity index (χ4v) is 4.09. The minimum Gasteiger partial charge on any atom is -0.313 e. The summed E-state index contributed by atoms with van der Waals surface area (Å²) in [7, 11) is 0. The molecule has 0 aromatic heterocycles. The van der Waals surface area contributed by atoms with Crippen molar-refractivity contribution in [1.29, 1.82) is 0 Å². The molecule has 1 aliphatic rings. The first-order valence-corrected chi connectivity index (χ1v) is 10.1. The first-order valence-electron chi connectivity index (χ1n) is 10.1. The molecular formula is C23H30N4O3. The Morgan fingerprint density at radius 3 is 2.03 bits per heavy atom. The molecule has 0 saturated carbocycles. The molecule has 0 bridgehead atoms. The summed E-state index contributed by atoms with van der Waals surface area (Å²) < 4.78 is 0. The highest BCUT2D eigenvalue weighted by Gasteiger charge is 2.56. The molecule has 2 N–H and O–H groups in total. The van der Waals surface area contributed by atoms with Crippen molar-refractivity contribution in [2.24, 2.45) is 0 Å². The van der Waals surface area contributed by atoms with Gasteiger partial charge in [0.2, 0.25) is 0 Å². The highest BCUT2D eigenvalue weighted by molar-refractivity contribution is 5.98. The molecule has 0 aliphatic carbocycles. The normalized spacial score (nSPS) is 18.1. The summed E-state index contributed by atoms with van der Waals surface area (Å²) in [6, 6.07) is 13.7. The van der Waals surface area contributed by atoms with Gasteiger partial charge in [-0.05, 0) is 65.8 Å². The molecule has 1 aliphatic heterocycles. The number of anilines is 2. The molecule has 1 saturated heterocycles. The third-order valence-electron chi connectivity index (χ3n) is 5.48. The standard InChI is InChI=1S/C23H30N4O3/c1-15(2)26-22(29)25(19-13-9-17(4)10-14-19)20(23(26,5)6)27(30)21(28)24-18-11-7-16(3)8-12-18/h7-15,20,30H,1-6H3,(H,24,28). The molecule has 1 heterocycles. The topological polar surface area (TPSA) is 76.1 Å². The van der Waals surface area contributed by atoms with E-state index >= 15 is 0 Å². The van der Waals surface area contributed by atoms with Crippen LogP contribution in [0.5, 0.6) is 0 Å². The Morgan fingerprint density at radius 1 is 1.03 bits per heavy atom. The first kappa shape index (κ1) is 21.6. The van der Waals surface area contributed by atoms with Gasteiger partial charge in [-0.15, -0.1) is 0 Å². The summed E-state index contributed by atoms with van der Waals surface area (Å²) >= 11 is 0. The van der Waals surface area contributed by atoms with Gasteiger partial charge in [0.05, 0.1) is 5.54 Å². The summed E-state index contributed by atoms with van der Waals surface area (Å²) in [5, 5.41) is 14.3. The van der Waals surface area contributed by atoms with Crippen molar-refractivity contribution in [2.75, 3.05) is 10.2 Å². The monoisotopic (exact) mass is 410 g/mol. The number of amides is 4. The van der Waals surface area contributed by atoms with Crippen molar-refractivity contribution in [2.45, 2.75) is 59.3 Å². The summed E-state index contributed by atoms with van der Waals surface area (Å²) in [5.41, 5.74) is 2.47. The second-order valence-electron chi connectivity index (χ2n) is 8.62. The van der Waals surface area contributed by atoms with Crippen LogP contribution in [0.15, 0.2) is 48.5 Å². The highest BCUT2D eigenvalue weighted by Crippen LogP contribution is 2.39. The number of urea groups is 2. The van der Waals surface area contributed by atoms with E-state index in [0.29, 0.717) is 16.4 Å². The van der Waals surface area contributed by atoms with Crippen LogP contribution in [0.25, 0.3) is 0 Å². The number of hydroxylamine groups is 2. The average molecular weight is 411 g/mol. The molecule has 30 heavy (non-hydrogen) atoms. The van der Waals surface area contributed by atoms with Crippen LogP contribution in [0.4, 0.5) is 21.0 Å². The van der Waals surface area contributed by atoms with Crippen LogP contribution < -0.4 is 10.2 Å². The molecule has 4 amide bonds. The Morgan fingerprint density at radius 2 is 1.53 bits per heavy atom. The minimum atomic E-state index is -0.916. The molecule has 7 nitrogen and oxygen atoms in total. The van der Waals surface area contributed by atoms with Crippen molar-refractivity contribution in [1.82, 2.24) is 9.96 Å². The molecule has 2 aromatic rings. The summed E-state index contributed by atoms with van der Waals surface area (Å²) in [4.78, 5) is 29.4. The van der Waals surface area contributed by atoms with Gasteiger partial charge in [0.25, 0.3) is 0 Å². The van der Waals surface area contributed by atoms with Crippen LogP contribution in [0.1, 0.15) is 38.8 Å². The van der Waals surface area contributed by atoms with Crippen molar-refractivity contribution in [3.63, 3.8) is 0 Å². The molecule has 0 spiro atoms. The van der Waals surface area contributed by atoms with Gasteiger partial charge in [-0.2, -0.15) is 5.06 Å². The lowest BCUT2D eigenvalue weighted by atomic mass is 9.98. The Balaban J connectivity index is 1.98. The smallest absolute Gasteiger partial charge is 0.313 e. The van der Waals surface area contributed by atoms with E-state index < -0.39 is 17.7 Å². The Kier molecular flexibility index (Phi) is 5.76. The predicted molar refractivity (Wildman–Crippen MR) is 118 cm³/mol. The number of nitrogens with zero attached hydrogens (tertiary/aromatic N) is 3. The van der Waals surface area contributed by atoms with E-state index in [9.17, 15) is 14.8 Å². The maximum absolute atomic E-state index is 13.4. The van der Waals surface area contributed by atoms with Gasteiger partial charge in [0, 0.05) is 17.4 Å². The van der Waals surface area contributed by atoms with E-state index in [-0.39, 0.29) is 12.1 Å². The summed E-state index contributed by atoms with van der Waals surface area (Å²) in [6.07, 6.45) is -0.916. The van der Waals surface area contributed by atoms with E-state index in [0.717, 1.165) is 11.1 Å². The SMILES string of the molecule is Cc1ccc(NC(=O)N(O)C2N(c3ccc(C)cc3)C(=O)N(C(C)C)C2(C)C)cc1. The maximum atomic E-state index is 13.4. The van der Waals surface area contributed by atoms with Crippen LogP contribution in [0.2, 0.25) is 0 Å². The number of hydrogen-bond donors (Lipinski definition) is 2. The van der Waals surface area contributed by atoms with Gasteiger partial charge < -0.3 is 10.2 Å². The Labute approximate surface area is 177 Å². The van der Waals surface area contributed by atoms with E-state index in [4.69, 9.17) is 0 Å². The number of hydrogen-bond acceptors (Lipinski definition) is 3. The Hall–Kier alpha value is -3.06. The largest absolute Gasteiger partial charge is 0.347 e. The molecular weight excluding hydrogens is 380 g/mol. The number of carbonyl (C=O) groups excluding carboxylic acids is 2. The maximum Gasteiger partial charge on any atom is 0.347 e. The zero-order chi connectivity index (χ0) is 22.2. The van der Waals surface area contributed by atoms with Gasteiger partial charge in [-0.3, -0.25) is 10.1 Å². The zero-order valence-electron chi connectivity index (χ0n) is 18.4. The van der Waals surface area contributed by atoms with Crippen LogP contribution >= 0.6 is 0 Å². The molecule has 160 valence electrons. The van der Waals surface area contributed by atoms with Crippen LogP contribution in [0, 0.1) is 13.8 Å². The van der Waals surface area contributed by atoms with Gasteiger partial charge in [-0.1, -0.05) is 35.4 Å². The summed E-state index contributed by atoms with van der Waals surface area (Å²) in [6.45, 7) is 11.5. The van der Waals surface area contributed by atoms with E-state index in [1.54, 1.807) is 17.0 Å². The predicted octanol–water partition coefficient (Wildman–Crippen LogP) is 4.98. The average Bonchev–Trinajstić information content (AvgIpc) is 2.88. The quantitative estimate of drug-likeness (QED) is 0.551. The van der Waals surface area contributed by atoms with Crippen molar-refractivity contribution in [3.05, 3.63) is 59.7 Å². The second kappa shape index (κ2) is 7.99. The molecule has 3 rings (SSSR count). The minimum absolute atomic E-state index is 0.112. The van der Waals surface area contributed by atoms with Crippen LogP contribution in [-0.2, 0) is 0 Å². The lowest BCUT2D eigenvalue weighted by Crippen LogP contribution is -2.58. The lowest BCUT2D eigenvalue weighted by molar-refractivity contribution is -0.0968. The van der Waals surface area contributed by atoms with Gasteiger partial charge in [-0.25, -0.2) is 9.59 Å². The third-order valence-corrected chi connectivity index (χ3v) is 5.48. The Bertz CT molecular complexity index is 922. The fraction of sp³-hybridized carbons (Fsp3) is 0.391. The third kappa shape index (κ3) is 3.85. The number of rotatable bonds is 4. The van der Waals surface area contributed by atoms with E-state index in [2.05, 4.69) is 5.32 Å². The first-order chi connectivity index (χ1) is 14.0. The number of benzene rings is 2. The van der Waals surface area contributed by atoms with Crippen LogP contribution in [-0.4, -0.2) is 45.0 Å². The van der Waals surface area contributed by atoms with Crippen molar-refractivity contribution in [3.8, 4) is 0 Å². The van der Waals surface area contributed by atoms with E-state index in [1.165, 1.54) is 4.90 Å². The van der Waals surface area contributed by atoms with Gasteiger partial charge in [0.15, 0.2) is 6.17 Å². The lowest BCUT2D eigenvalue weighted by Gasteiger charge is -2.39. The molecule has 1 atom stereocenters. The molecule has 7 heteroatoms. The van der Waals surface area contributed by atoms with Crippen LogP contribution in [0.3, 0.4) is 0 Å². The van der Waals surface area contributed by atoms with Gasteiger partial charge >= 0.3 is 12.1 Å². The number of aryl methyl sites for hydroxylation is 2. The van der Waals surface area contributed by atoms with E-state index in [1.807, 2.05) is 77.9 Å². The number of carbonyl (C=O) groups is 2. The second-order valence-corrected chi connectivity index (χ2v) is 8.62. The zero-order valence-corrected chi connectivity index (χ0v) is 18.4. The highest BCUT2D eigenvalue weighted by atomic mass is 16.5. The van der Waals surface area contributed by atoms with Crippen molar-refractivity contribution >= 4 is 23.4 Å². The molecule has 1 fully saturated rings. The molecule has 1 unspecified atom stereocenters. The summed E-state index contributed by atoms with van der Waals surface area (Å²) in [5.74, 6) is 0. The van der Waals surface area contributed by atoms with Crippen molar-refractivity contribution < 1.29 is 14.8 Å². The molecule has 2 aromatic carbocycles. The van der Waals surface area contributed by atoms with Gasteiger partial charge in [0.1, 0.15) is 0 Å². The number of nitrogens with one attached hydrogen (secondary N) is 1.